The average molecular weight is 263 g/mol. The number of aromatic nitrogens is 2. The second-order valence-electron chi connectivity index (χ2n) is 3.88. The van der Waals surface area contributed by atoms with E-state index in [1.54, 1.807) is 0 Å². The topological polar surface area (TPSA) is 49.8 Å². The molecule has 0 radical (unpaired) electrons. The number of rotatable bonds is 4. The van der Waals surface area contributed by atoms with Crippen LogP contribution in [-0.4, -0.2) is 17.0 Å². The predicted octanol–water partition coefficient (Wildman–Crippen LogP) is 3.09. The van der Waals surface area contributed by atoms with Crippen molar-refractivity contribution in [2.45, 2.75) is 13.5 Å². The second kappa shape index (κ2) is 5.69. The Balaban J connectivity index is 2.11. The largest absolute Gasteiger partial charge is 0.373 e. The summed E-state index contributed by atoms with van der Waals surface area (Å²) in [5.74, 6) is 2.31. The summed E-state index contributed by atoms with van der Waals surface area (Å²) in [7, 11) is 1.83. The van der Waals surface area contributed by atoms with E-state index < -0.39 is 0 Å². The van der Waals surface area contributed by atoms with Crippen molar-refractivity contribution in [2.75, 3.05) is 17.7 Å². The van der Waals surface area contributed by atoms with Crippen molar-refractivity contribution in [2.24, 2.45) is 0 Å². The van der Waals surface area contributed by atoms with Crippen molar-refractivity contribution in [1.82, 2.24) is 9.97 Å². The molecule has 0 fully saturated rings. The molecule has 0 aliphatic carbocycles. The third-order valence-electron chi connectivity index (χ3n) is 2.51. The van der Waals surface area contributed by atoms with Crippen LogP contribution in [0.3, 0.4) is 0 Å². The van der Waals surface area contributed by atoms with Gasteiger partial charge in [0.1, 0.15) is 17.5 Å². The van der Waals surface area contributed by atoms with Gasteiger partial charge in [0, 0.05) is 24.7 Å². The van der Waals surface area contributed by atoms with Gasteiger partial charge in [0.15, 0.2) is 0 Å². The molecule has 0 amide bonds. The molecule has 0 unspecified atom stereocenters. The number of hydrogen-bond donors (Lipinski definition) is 2. The molecular weight excluding hydrogens is 248 g/mol. The highest BCUT2D eigenvalue weighted by Gasteiger charge is 2.02. The molecule has 18 heavy (non-hydrogen) atoms. The molecule has 2 aromatic rings. The smallest absolute Gasteiger partial charge is 0.132 e. The van der Waals surface area contributed by atoms with E-state index in [1.807, 2.05) is 44.3 Å². The first kappa shape index (κ1) is 12.6. The summed E-state index contributed by atoms with van der Waals surface area (Å²) in [4.78, 5) is 8.56. The lowest BCUT2D eigenvalue weighted by Gasteiger charge is -2.09. The Morgan fingerprint density at radius 2 is 1.89 bits per heavy atom. The second-order valence-corrected chi connectivity index (χ2v) is 4.29. The van der Waals surface area contributed by atoms with Crippen LogP contribution in [0, 0.1) is 6.92 Å². The first-order chi connectivity index (χ1) is 8.69. The van der Waals surface area contributed by atoms with Crippen LogP contribution in [0.15, 0.2) is 30.3 Å². The van der Waals surface area contributed by atoms with Gasteiger partial charge < -0.3 is 10.6 Å². The lowest BCUT2D eigenvalue weighted by atomic mass is 10.2. The Morgan fingerprint density at radius 1 is 1.17 bits per heavy atom. The van der Waals surface area contributed by atoms with E-state index >= 15 is 0 Å². The summed E-state index contributed by atoms with van der Waals surface area (Å²) in [6.07, 6.45) is 0. The van der Waals surface area contributed by atoms with Gasteiger partial charge in [-0.2, -0.15) is 0 Å². The molecule has 1 heterocycles. The number of aryl methyl sites for hydroxylation is 1. The van der Waals surface area contributed by atoms with Gasteiger partial charge in [-0.05, 0) is 18.6 Å². The van der Waals surface area contributed by atoms with Crippen LogP contribution in [0.2, 0.25) is 5.02 Å². The normalized spacial score (nSPS) is 10.2. The lowest BCUT2D eigenvalue weighted by molar-refractivity contribution is 1.02. The highest BCUT2D eigenvalue weighted by atomic mass is 35.5. The maximum Gasteiger partial charge on any atom is 0.132 e. The molecule has 0 saturated carbocycles. The lowest BCUT2D eigenvalue weighted by Crippen LogP contribution is -2.05. The van der Waals surface area contributed by atoms with Gasteiger partial charge in [-0.1, -0.05) is 29.8 Å². The Kier molecular flexibility index (Phi) is 3.99. The Morgan fingerprint density at radius 3 is 2.61 bits per heavy atom. The average Bonchev–Trinajstić information content (AvgIpc) is 2.37. The first-order valence-corrected chi connectivity index (χ1v) is 6.07. The molecule has 0 aliphatic rings. The van der Waals surface area contributed by atoms with E-state index in [4.69, 9.17) is 11.6 Å². The molecule has 5 heteroatoms. The number of nitrogens with one attached hydrogen (secondary N) is 2. The van der Waals surface area contributed by atoms with Crippen molar-refractivity contribution < 1.29 is 0 Å². The van der Waals surface area contributed by atoms with Crippen molar-refractivity contribution in [1.29, 1.82) is 0 Å². The van der Waals surface area contributed by atoms with Crippen LogP contribution >= 0.6 is 11.6 Å². The Labute approximate surface area is 111 Å². The molecule has 0 spiro atoms. The maximum atomic E-state index is 6.10. The third kappa shape index (κ3) is 3.11. The number of hydrogen-bond acceptors (Lipinski definition) is 4. The minimum absolute atomic E-state index is 0.638. The standard InChI is InChI=1S/C13H15ClN4/c1-9-17-12(15-2)7-13(18-9)16-8-10-5-3-4-6-11(10)14/h3-7H,8H2,1-2H3,(H2,15,16,17,18). The van der Waals surface area contributed by atoms with Crippen molar-refractivity contribution in [3.63, 3.8) is 0 Å². The zero-order valence-corrected chi connectivity index (χ0v) is 11.1. The van der Waals surface area contributed by atoms with E-state index in [0.717, 1.165) is 28.0 Å². The van der Waals surface area contributed by atoms with Crippen molar-refractivity contribution in [3.8, 4) is 0 Å². The van der Waals surface area contributed by atoms with E-state index in [0.29, 0.717) is 6.54 Å². The molecule has 4 nitrogen and oxygen atoms in total. The molecule has 0 bridgehead atoms. The zero-order chi connectivity index (χ0) is 13.0. The van der Waals surface area contributed by atoms with Crippen LogP contribution in [0.25, 0.3) is 0 Å². The fourth-order valence-corrected chi connectivity index (χ4v) is 1.82. The summed E-state index contributed by atoms with van der Waals surface area (Å²) in [6, 6.07) is 9.61. The minimum atomic E-state index is 0.638. The Hall–Kier alpha value is -1.81. The summed E-state index contributed by atoms with van der Waals surface area (Å²) < 4.78 is 0. The summed E-state index contributed by atoms with van der Waals surface area (Å²) in [5.41, 5.74) is 1.04. The number of halogens is 1. The molecule has 2 N–H and O–H groups in total. The highest BCUT2D eigenvalue weighted by Crippen LogP contribution is 2.17. The predicted molar refractivity (Wildman–Crippen MR) is 75.1 cm³/mol. The molecule has 0 atom stereocenters. The quantitative estimate of drug-likeness (QED) is 0.889. The zero-order valence-electron chi connectivity index (χ0n) is 10.4. The molecule has 94 valence electrons. The molecule has 1 aromatic heterocycles. The summed E-state index contributed by atoms with van der Waals surface area (Å²) >= 11 is 6.10. The molecule has 0 saturated heterocycles. The molecule has 2 rings (SSSR count). The van der Waals surface area contributed by atoms with Gasteiger partial charge >= 0.3 is 0 Å². The SMILES string of the molecule is CNc1cc(NCc2ccccc2Cl)nc(C)n1. The van der Waals surface area contributed by atoms with Crippen LogP contribution in [0.5, 0.6) is 0 Å². The van der Waals surface area contributed by atoms with Gasteiger partial charge in [0.05, 0.1) is 0 Å². The number of anilines is 2. The van der Waals surface area contributed by atoms with Crippen molar-refractivity contribution in [3.05, 3.63) is 46.7 Å². The highest BCUT2D eigenvalue weighted by molar-refractivity contribution is 6.31. The van der Waals surface area contributed by atoms with Crippen molar-refractivity contribution >= 4 is 23.2 Å². The van der Waals surface area contributed by atoms with Crippen LogP contribution in [-0.2, 0) is 6.54 Å². The minimum Gasteiger partial charge on any atom is -0.373 e. The van der Waals surface area contributed by atoms with E-state index in [2.05, 4.69) is 20.6 Å². The monoisotopic (exact) mass is 262 g/mol. The van der Waals surface area contributed by atoms with Gasteiger partial charge in [-0.15, -0.1) is 0 Å². The first-order valence-electron chi connectivity index (χ1n) is 5.70. The summed E-state index contributed by atoms with van der Waals surface area (Å²) in [6.45, 7) is 2.50. The van der Waals surface area contributed by atoms with Gasteiger partial charge in [-0.25, -0.2) is 9.97 Å². The molecular formula is C13H15ClN4. The molecule has 1 aromatic carbocycles. The van der Waals surface area contributed by atoms with Crippen LogP contribution in [0.4, 0.5) is 11.6 Å². The van der Waals surface area contributed by atoms with E-state index in [9.17, 15) is 0 Å². The van der Waals surface area contributed by atoms with Gasteiger partial charge in [0.2, 0.25) is 0 Å². The van der Waals surface area contributed by atoms with Gasteiger partial charge in [0.25, 0.3) is 0 Å². The fraction of sp³-hybridized carbons (Fsp3) is 0.231. The summed E-state index contributed by atoms with van der Waals surface area (Å²) in [5, 5.41) is 7.00. The van der Waals surface area contributed by atoms with Gasteiger partial charge in [-0.3, -0.25) is 0 Å². The van der Waals surface area contributed by atoms with E-state index in [-0.39, 0.29) is 0 Å². The fourth-order valence-electron chi connectivity index (χ4n) is 1.61. The van der Waals surface area contributed by atoms with Crippen LogP contribution < -0.4 is 10.6 Å². The maximum absolute atomic E-state index is 6.10. The van der Waals surface area contributed by atoms with Crippen LogP contribution in [0.1, 0.15) is 11.4 Å². The molecule has 0 aliphatic heterocycles. The Bertz CT molecular complexity index is 542. The number of benzene rings is 1. The number of nitrogens with zero attached hydrogens (tertiary/aromatic N) is 2. The van der Waals surface area contributed by atoms with E-state index in [1.165, 1.54) is 0 Å². The third-order valence-corrected chi connectivity index (χ3v) is 2.88.